The van der Waals surface area contributed by atoms with Crippen molar-refractivity contribution in [1.82, 2.24) is 4.68 Å². The van der Waals surface area contributed by atoms with E-state index in [0.29, 0.717) is 0 Å². The monoisotopic (exact) mass is 125 g/mol. The Labute approximate surface area is 51.7 Å². The van der Waals surface area contributed by atoms with Gasteiger partial charge in [0.25, 0.3) is 0 Å². The Kier molecular flexibility index (Phi) is 1.14. The lowest BCUT2D eigenvalue weighted by Crippen LogP contribution is -2.25. The molecule has 0 aromatic carbocycles. The van der Waals surface area contributed by atoms with Crippen molar-refractivity contribution in [3.05, 3.63) is 23.8 Å². The summed E-state index contributed by atoms with van der Waals surface area (Å²) >= 11 is 0. The van der Waals surface area contributed by atoms with Crippen molar-refractivity contribution >= 4 is 0 Å². The average Bonchev–Trinajstić information content (AvgIpc) is 1.83. The third kappa shape index (κ3) is 0.861. The van der Waals surface area contributed by atoms with Gasteiger partial charge in [0.15, 0.2) is 11.2 Å². The molecule has 1 aromatic rings. The summed E-state index contributed by atoms with van der Waals surface area (Å²) in [5, 5.41) is 15.8. The van der Waals surface area contributed by atoms with Crippen molar-refractivity contribution in [3.8, 4) is 5.75 Å². The normalized spacial score (nSPS) is 9.33. The highest BCUT2D eigenvalue weighted by Crippen LogP contribution is 1.93. The third-order valence-corrected chi connectivity index (χ3v) is 1.00. The van der Waals surface area contributed by atoms with Crippen LogP contribution in [0.15, 0.2) is 18.3 Å². The maximum Gasteiger partial charge on any atom is 0.186 e. The van der Waals surface area contributed by atoms with Crippen LogP contribution in [0.4, 0.5) is 0 Å². The van der Waals surface area contributed by atoms with Crippen molar-refractivity contribution < 1.29 is 5.11 Å². The molecule has 0 unspecified atom stereocenters. The van der Waals surface area contributed by atoms with E-state index >= 15 is 0 Å². The van der Waals surface area contributed by atoms with E-state index in [2.05, 4.69) is 0 Å². The Hall–Kier alpha value is -1.45. The number of nitrogens with zero attached hydrogens (tertiary/aromatic N) is 1. The second kappa shape index (κ2) is 1.81. The van der Waals surface area contributed by atoms with Crippen LogP contribution in [0.3, 0.4) is 0 Å². The van der Waals surface area contributed by atoms with Gasteiger partial charge >= 0.3 is 0 Å². The van der Waals surface area contributed by atoms with Crippen LogP contribution in [0.25, 0.3) is 0 Å². The summed E-state index contributed by atoms with van der Waals surface area (Å²) in [6, 6.07) is 2.97. The highest BCUT2D eigenvalue weighted by molar-refractivity contribution is 5.12. The Balaban J connectivity index is 3.43. The van der Waals surface area contributed by atoms with Crippen LogP contribution in [0, 0.1) is 5.41 Å². The van der Waals surface area contributed by atoms with Gasteiger partial charge in [-0.1, -0.05) is 0 Å². The fraction of sp³-hybridized carbons (Fsp3) is 0. The lowest BCUT2D eigenvalue weighted by molar-refractivity contribution is 0.458. The zero-order chi connectivity index (χ0) is 6.85. The van der Waals surface area contributed by atoms with Gasteiger partial charge in [-0.15, -0.1) is 0 Å². The number of rotatable bonds is 0. The number of pyridine rings is 1. The lowest BCUT2D eigenvalue weighted by atomic mass is 10.4. The van der Waals surface area contributed by atoms with Gasteiger partial charge in [0.05, 0.1) is 0 Å². The van der Waals surface area contributed by atoms with Gasteiger partial charge in [-0.2, -0.15) is 0 Å². The van der Waals surface area contributed by atoms with E-state index in [4.69, 9.17) is 16.4 Å². The SMILES string of the molecule is N=c1c(O)cccn1N. The van der Waals surface area contributed by atoms with E-state index in [1.807, 2.05) is 0 Å². The van der Waals surface area contributed by atoms with E-state index in [1.165, 1.54) is 12.3 Å². The van der Waals surface area contributed by atoms with E-state index < -0.39 is 0 Å². The molecular weight excluding hydrogens is 118 g/mol. The zero-order valence-electron chi connectivity index (χ0n) is 4.70. The molecule has 4 nitrogen and oxygen atoms in total. The number of hydrogen-bond acceptors (Lipinski definition) is 3. The standard InChI is InChI=1S/C5H7N3O/c6-5-4(9)2-1-3-8(5)7/h1-3,6,9H,7H2. The van der Waals surface area contributed by atoms with Gasteiger partial charge in [-0.3, -0.25) is 5.41 Å². The largest absolute Gasteiger partial charge is 0.504 e. The van der Waals surface area contributed by atoms with E-state index in [9.17, 15) is 0 Å². The molecule has 0 aliphatic carbocycles. The predicted molar refractivity (Wildman–Crippen MR) is 32.1 cm³/mol. The first kappa shape index (κ1) is 5.68. The van der Waals surface area contributed by atoms with Gasteiger partial charge in [0.1, 0.15) is 0 Å². The molecule has 0 aliphatic heterocycles. The molecule has 0 saturated heterocycles. The number of aromatic nitrogens is 1. The summed E-state index contributed by atoms with van der Waals surface area (Å²) in [6.45, 7) is 0. The molecular formula is C5H7N3O. The first-order valence-corrected chi connectivity index (χ1v) is 2.42. The Bertz CT molecular complexity index is 242. The average molecular weight is 125 g/mol. The second-order valence-corrected chi connectivity index (χ2v) is 1.65. The van der Waals surface area contributed by atoms with Crippen LogP contribution in [0.5, 0.6) is 5.75 Å². The Morgan fingerprint density at radius 1 is 1.67 bits per heavy atom. The minimum absolute atomic E-state index is 0.0856. The van der Waals surface area contributed by atoms with Gasteiger partial charge in [-0.25, -0.2) is 4.68 Å². The molecule has 1 rings (SSSR count). The van der Waals surface area contributed by atoms with Crippen LogP contribution in [-0.2, 0) is 0 Å². The lowest BCUT2D eigenvalue weighted by Gasteiger charge is -1.96. The molecule has 0 spiro atoms. The number of nitrogens with two attached hydrogens (primary N) is 1. The van der Waals surface area contributed by atoms with E-state index in [0.717, 1.165) is 4.68 Å². The van der Waals surface area contributed by atoms with Crippen LogP contribution >= 0.6 is 0 Å². The fourth-order valence-corrected chi connectivity index (χ4v) is 0.513. The fourth-order valence-electron chi connectivity index (χ4n) is 0.513. The van der Waals surface area contributed by atoms with Crippen LogP contribution < -0.4 is 11.3 Å². The summed E-state index contributed by atoms with van der Waals surface area (Å²) in [7, 11) is 0. The summed E-state index contributed by atoms with van der Waals surface area (Å²) in [5.41, 5.74) is -0.0856. The maximum absolute atomic E-state index is 8.81. The maximum atomic E-state index is 8.81. The number of aromatic hydroxyl groups is 1. The van der Waals surface area contributed by atoms with Crippen molar-refractivity contribution in [2.45, 2.75) is 0 Å². The topological polar surface area (TPSA) is 75.0 Å². The number of nitrogen functional groups attached to an aromatic ring is 1. The minimum atomic E-state index is -0.111. The van der Waals surface area contributed by atoms with Crippen LogP contribution in [-0.4, -0.2) is 9.78 Å². The summed E-state index contributed by atoms with van der Waals surface area (Å²) in [5.74, 6) is 5.08. The molecule has 4 heteroatoms. The zero-order valence-corrected chi connectivity index (χ0v) is 4.70. The first-order valence-electron chi connectivity index (χ1n) is 2.42. The van der Waals surface area contributed by atoms with Crippen molar-refractivity contribution in [3.63, 3.8) is 0 Å². The molecule has 0 bridgehead atoms. The number of nitrogens with one attached hydrogen (secondary N) is 1. The van der Waals surface area contributed by atoms with Gasteiger partial charge in [0.2, 0.25) is 0 Å². The molecule has 0 saturated carbocycles. The minimum Gasteiger partial charge on any atom is -0.504 e. The van der Waals surface area contributed by atoms with Gasteiger partial charge in [-0.05, 0) is 12.1 Å². The predicted octanol–water partition coefficient (Wildman–Crippen LogP) is -0.613. The Morgan fingerprint density at radius 3 is 2.78 bits per heavy atom. The summed E-state index contributed by atoms with van der Waals surface area (Å²) in [6.07, 6.45) is 1.49. The first-order chi connectivity index (χ1) is 4.22. The number of hydrogen-bond donors (Lipinski definition) is 3. The Morgan fingerprint density at radius 2 is 2.33 bits per heavy atom. The van der Waals surface area contributed by atoms with Crippen LogP contribution in [0.1, 0.15) is 0 Å². The van der Waals surface area contributed by atoms with E-state index in [-0.39, 0.29) is 11.2 Å². The molecule has 4 N–H and O–H groups in total. The third-order valence-electron chi connectivity index (χ3n) is 1.00. The van der Waals surface area contributed by atoms with Crippen molar-refractivity contribution in [2.75, 3.05) is 5.84 Å². The molecule has 48 valence electrons. The van der Waals surface area contributed by atoms with E-state index in [1.54, 1.807) is 6.07 Å². The summed E-state index contributed by atoms with van der Waals surface area (Å²) < 4.78 is 1.04. The smallest absolute Gasteiger partial charge is 0.186 e. The highest BCUT2D eigenvalue weighted by Gasteiger charge is 1.89. The molecule has 0 fully saturated rings. The van der Waals surface area contributed by atoms with Crippen molar-refractivity contribution in [1.29, 1.82) is 5.41 Å². The van der Waals surface area contributed by atoms with Gasteiger partial charge < -0.3 is 10.9 Å². The second-order valence-electron chi connectivity index (χ2n) is 1.65. The van der Waals surface area contributed by atoms with Crippen LogP contribution in [0.2, 0.25) is 0 Å². The molecule has 0 aliphatic rings. The molecule has 9 heavy (non-hydrogen) atoms. The van der Waals surface area contributed by atoms with Crippen molar-refractivity contribution in [2.24, 2.45) is 0 Å². The molecule has 0 atom stereocenters. The molecule has 0 amide bonds. The molecule has 1 aromatic heterocycles. The molecule has 1 heterocycles. The summed E-state index contributed by atoms with van der Waals surface area (Å²) in [4.78, 5) is 0. The molecule has 0 radical (unpaired) electrons. The highest BCUT2D eigenvalue weighted by atomic mass is 16.3. The van der Waals surface area contributed by atoms with Gasteiger partial charge in [0, 0.05) is 6.20 Å². The quantitative estimate of drug-likeness (QED) is 0.404.